The highest BCUT2D eigenvalue weighted by atomic mass is 35.5. The van der Waals surface area contributed by atoms with Gasteiger partial charge in [0, 0.05) is 16.3 Å². The smallest absolute Gasteiger partial charge is 0.338 e. The molecule has 14 heteroatoms. The maximum absolute atomic E-state index is 12.5. The number of allylic oxidation sites excluding steroid dienone is 1. The topological polar surface area (TPSA) is 166 Å². The molecule has 0 saturated carbocycles. The van der Waals surface area contributed by atoms with Crippen molar-refractivity contribution in [3.63, 3.8) is 0 Å². The molecule has 0 saturated heterocycles. The lowest BCUT2D eigenvalue weighted by molar-refractivity contribution is -0.136. The van der Waals surface area contributed by atoms with Crippen molar-refractivity contribution in [1.29, 1.82) is 0 Å². The molecular formula is C34H37ClN4O9. The fraction of sp³-hybridized carbons (Fsp3) is 0.294. The van der Waals surface area contributed by atoms with E-state index in [2.05, 4.69) is 21.2 Å². The number of hydrogen-bond acceptors (Lipinski definition) is 11. The molecule has 4 rings (SSSR count). The number of aliphatic hydroxyl groups is 1. The number of rotatable bonds is 15. The lowest BCUT2D eigenvalue weighted by atomic mass is 9.95. The second-order valence-electron chi connectivity index (χ2n) is 10.3. The number of aliphatic hydroxyl groups excluding tert-OH is 1. The molecular weight excluding hydrogens is 644 g/mol. The van der Waals surface area contributed by atoms with Crippen molar-refractivity contribution >= 4 is 35.8 Å². The summed E-state index contributed by atoms with van der Waals surface area (Å²) in [6, 6.07) is 15.7. The predicted molar refractivity (Wildman–Crippen MR) is 177 cm³/mol. The van der Waals surface area contributed by atoms with E-state index >= 15 is 0 Å². The summed E-state index contributed by atoms with van der Waals surface area (Å²) >= 11 is 6.20. The van der Waals surface area contributed by atoms with E-state index in [1.807, 2.05) is 0 Å². The molecule has 0 aromatic heterocycles. The monoisotopic (exact) mass is 680 g/mol. The second kappa shape index (κ2) is 17.0. The Bertz CT molecular complexity index is 1680. The molecule has 1 aliphatic heterocycles. The van der Waals surface area contributed by atoms with Crippen LogP contribution < -0.4 is 30.3 Å². The fourth-order valence-electron chi connectivity index (χ4n) is 4.68. The van der Waals surface area contributed by atoms with Gasteiger partial charge < -0.3 is 39.4 Å². The Hall–Kier alpha value is -5.27. The summed E-state index contributed by atoms with van der Waals surface area (Å²) in [5.41, 5.74) is 5.64. The number of benzene rings is 3. The summed E-state index contributed by atoms with van der Waals surface area (Å²) < 4.78 is 27.5. The van der Waals surface area contributed by atoms with Crippen molar-refractivity contribution in [2.45, 2.75) is 39.6 Å². The van der Waals surface area contributed by atoms with Crippen molar-refractivity contribution in [2.24, 2.45) is 5.10 Å². The SMILES string of the molecule is CCOC(=O)c1ccc(COc2ccc(Cl)cc2/C=N/N[C@@H](O)COc2ccc([C@@H]3NC(=O)NC(C)=C3C(=O)OC)cc2OCC)cc1. The minimum atomic E-state index is -1.21. The molecule has 254 valence electrons. The quantitative estimate of drug-likeness (QED) is 0.0770. The Morgan fingerprint density at radius 2 is 1.73 bits per heavy atom. The van der Waals surface area contributed by atoms with Gasteiger partial charge in [0.25, 0.3) is 0 Å². The number of urea groups is 1. The van der Waals surface area contributed by atoms with E-state index in [9.17, 15) is 19.5 Å². The Morgan fingerprint density at radius 3 is 2.44 bits per heavy atom. The zero-order valence-corrected chi connectivity index (χ0v) is 27.6. The normalized spacial score (nSPS) is 14.9. The van der Waals surface area contributed by atoms with Crippen LogP contribution in [-0.4, -0.2) is 62.4 Å². The van der Waals surface area contributed by atoms with E-state index in [4.69, 9.17) is 35.3 Å². The van der Waals surface area contributed by atoms with Crippen molar-refractivity contribution in [3.05, 3.63) is 99.2 Å². The first-order valence-corrected chi connectivity index (χ1v) is 15.4. The Balaban J connectivity index is 1.38. The minimum absolute atomic E-state index is 0.200. The van der Waals surface area contributed by atoms with Gasteiger partial charge in [-0.1, -0.05) is 29.8 Å². The van der Waals surface area contributed by atoms with Crippen LogP contribution >= 0.6 is 11.6 Å². The maximum Gasteiger partial charge on any atom is 0.338 e. The highest BCUT2D eigenvalue weighted by molar-refractivity contribution is 6.30. The molecule has 0 unspecified atom stereocenters. The highest BCUT2D eigenvalue weighted by Crippen LogP contribution is 2.35. The molecule has 0 spiro atoms. The van der Waals surface area contributed by atoms with Gasteiger partial charge in [0.05, 0.1) is 43.7 Å². The number of hydrogen-bond donors (Lipinski definition) is 4. The third-order valence-electron chi connectivity index (χ3n) is 6.93. The van der Waals surface area contributed by atoms with Crippen molar-refractivity contribution < 1.29 is 43.2 Å². The first kappa shape index (κ1) is 35.6. The van der Waals surface area contributed by atoms with E-state index < -0.39 is 24.3 Å². The molecule has 48 heavy (non-hydrogen) atoms. The van der Waals surface area contributed by atoms with Crippen molar-refractivity contribution in [3.8, 4) is 17.2 Å². The molecule has 0 bridgehead atoms. The molecule has 0 aliphatic carbocycles. The van der Waals surface area contributed by atoms with Crippen LogP contribution in [0.5, 0.6) is 17.2 Å². The van der Waals surface area contributed by atoms with Crippen LogP contribution in [0.15, 0.2) is 77.0 Å². The zero-order chi connectivity index (χ0) is 34.6. The lowest BCUT2D eigenvalue weighted by Crippen LogP contribution is -2.45. The highest BCUT2D eigenvalue weighted by Gasteiger charge is 2.32. The second-order valence-corrected chi connectivity index (χ2v) is 10.7. The predicted octanol–water partition coefficient (Wildman–Crippen LogP) is 4.62. The van der Waals surface area contributed by atoms with Crippen LogP contribution in [-0.2, 0) is 20.9 Å². The lowest BCUT2D eigenvalue weighted by Gasteiger charge is -2.28. The van der Waals surface area contributed by atoms with Crippen molar-refractivity contribution in [1.82, 2.24) is 16.1 Å². The van der Waals surface area contributed by atoms with Gasteiger partial charge in [-0.25, -0.2) is 14.4 Å². The molecule has 2 amide bonds. The number of nitrogens with one attached hydrogen (secondary N) is 3. The van der Waals surface area contributed by atoms with Crippen LogP contribution in [0.1, 0.15) is 53.9 Å². The Labute approximate surface area is 282 Å². The van der Waals surface area contributed by atoms with Crippen molar-refractivity contribution in [2.75, 3.05) is 26.9 Å². The number of esters is 2. The third kappa shape index (κ3) is 9.39. The molecule has 4 N–H and O–H groups in total. The summed E-state index contributed by atoms with van der Waals surface area (Å²) in [6.45, 7) is 5.80. The van der Waals surface area contributed by atoms with Crippen LogP contribution in [0, 0.1) is 0 Å². The number of carbonyl (C=O) groups excluding carboxylic acids is 3. The van der Waals surface area contributed by atoms with Gasteiger partial charge in [-0.15, -0.1) is 0 Å². The first-order chi connectivity index (χ1) is 23.1. The van der Waals surface area contributed by atoms with Gasteiger partial charge in [0.1, 0.15) is 19.0 Å². The molecule has 13 nitrogen and oxygen atoms in total. The van der Waals surface area contributed by atoms with E-state index in [0.717, 1.165) is 5.56 Å². The zero-order valence-electron chi connectivity index (χ0n) is 26.9. The summed E-state index contributed by atoms with van der Waals surface area (Å²) in [5.74, 6) is 0.193. The average Bonchev–Trinajstić information content (AvgIpc) is 3.07. The molecule has 1 heterocycles. The number of ether oxygens (including phenoxy) is 5. The van der Waals surface area contributed by atoms with Crippen LogP contribution in [0.2, 0.25) is 5.02 Å². The molecule has 0 fully saturated rings. The number of methoxy groups -OCH3 is 1. The van der Waals surface area contributed by atoms with Gasteiger partial charge >= 0.3 is 18.0 Å². The molecule has 3 aromatic rings. The van der Waals surface area contributed by atoms with Crippen LogP contribution in [0.25, 0.3) is 0 Å². The van der Waals surface area contributed by atoms with Gasteiger partial charge in [-0.2, -0.15) is 5.10 Å². The van der Waals surface area contributed by atoms with Gasteiger partial charge in [-0.05, 0) is 74.4 Å². The number of halogens is 1. The summed E-state index contributed by atoms with van der Waals surface area (Å²) in [4.78, 5) is 36.5. The number of hydrazone groups is 1. The van der Waals surface area contributed by atoms with E-state index in [1.54, 1.807) is 81.4 Å². The first-order valence-electron chi connectivity index (χ1n) is 15.0. The molecule has 2 atom stereocenters. The summed E-state index contributed by atoms with van der Waals surface area (Å²) in [6.07, 6.45) is 0.244. The number of amides is 2. The number of nitrogens with zero attached hydrogens (tertiary/aromatic N) is 1. The Kier molecular flexibility index (Phi) is 12.6. The summed E-state index contributed by atoms with van der Waals surface area (Å²) in [5, 5.41) is 20.4. The van der Waals surface area contributed by atoms with Gasteiger partial charge in [0.2, 0.25) is 0 Å². The average molecular weight is 681 g/mol. The summed E-state index contributed by atoms with van der Waals surface area (Å²) in [7, 11) is 1.27. The van der Waals surface area contributed by atoms with E-state index in [-0.39, 0.29) is 24.8 Å². The van der Waals surface area contributed by atoms with E-state index in [0.29, 0.717) is 57.9 Å². The van der Waals surface area contributed by atoms with E-state index in [1.165, 1.54) is 13.3 Å². The van der Waals surface area contributed by atoms with Crippen LogP contribution in [0.4, 0.5) is 4.79 Å². The maximum atomic E-state index is 12.5. The number of carbonyl (C=O) groups is 3. The van der Waals surface area contributed by atoms with Gasteiger partial charge in [-0.3, -0.25) is 5.43 Å². The minimum Gasteiger partial charge on any atom is -0.490 e. The molecule has 0 radical (unpaired) electrons. The third-order valence-corrected chi connectivity index (χ3v) is 7.17. The Morgan fingerprint density at radius 1 is 0.979 bits per heavy atom. The van der Waals surface area contributed by atoms with Gasteiger partial charge in [0.15, 0.2) is 17.7 Å². The fourth-order valence-corrected chi connectivity index (χ4v) is 4.86. The molecule has 3 aromatic carbocycles. The standard InChI is InChI=1S/C34H37ClN4O9/c1-5-45-28-16-23(31-30(33(42)44-4)20(3)37-34(43)38-31)11-13-27(28)48-19-29(40)39-36-17-24-15-25(35)12-14-26(24)47-18-21-7-9-22(10-8-21)32(41)46-6-2/h7-17,29,31,39-40H,5-6,18-19H2,1-4H3,(H2,37,38,43)/b36-17+/t29-,31-/m0/s1. The van der Waals surface area contributed by atoms with Crippen LogP contribution in [0.3, 0.4) is 0 Å². The largest absolute Gasteiger partial charge is 0.490 e. The molecule has 1 aliphatic rings.